The molecule has 0 amide bonds. The number of thiazole rings is 1. The standard InChI is InChI=1S/C18H25N5S/c1-13-7-6-10-20-15(13)11-21-18(19-2)23(3)12-17-22-14-8-4-5-9-16(14)24-17/h6-7,10H,4-5,8-9,11-12H2,1-3H3,(H,19,21). The number of nitrogens with one attached hydrogen (secondary N) is 1. The Bertz CT molecular complexity index is 698. The summed E-state index contributed by atoms with van der Waals surface area (Å²) in [6.45, 7) is 3.55. The van der Waals surface area contributed by atoms with E-state index in [0.29, 0.717) is 6.54 Å². The molecule has 3 rings (SSSR count). The number of nitrogens with zero attached hydrogens (tertiary/aromatic N) is 4. The zero-order valence-corrected chi connectivity index (χ0v) is 15.5. The number of fused-ring (bicyclic) bond motifs is 1. The molecule has 1 N–H and O–H groups in total. The van der Waals surface area contributed by atoms with Crippen LogP contribution in [0.25, 0.3) is 0 Å². The highest BCUT2D eigenvalue weighted by Crippen LogP contribution is 2.27. The fourth-order valence-electron chi connectivity index (χ4n) is 3.00. The molecule has 0 saturated carbocycles. The molecular formula is C18H25N5S. The van der Waals surface area contributed by atoms with E-state index >= 15 is 0 Å². The van der Waals surface area contributed by atoms with Crippen molar-refractivity contribution in [3.05, 3.63) is 45.2 Å². The lowest BCUT2D eigenvalue weighted by Gasteiger charge is -2.21. The van der Waals surface area contributed by atoms with Crippen LogP contribution in [0.5, 0.6) is 0 Å². The molecule has 6 heteroatoms. The first-order valence-corrected chi connectivity index (χ1v) is 9.28. The van der Waals surface area contributed by atoms with Gasteiger partial charge in [0.2, 0.25) is 0 Å². The van der Waals surface area contributed by atoms with Gasteiger partial charge in [-0.15, -0.1) is 11.3 Å². The number of hydrogen-bond acceptors (Lipinski definition) is 4. The van der Waals surface area contributed by atoms with Crippen molar-refractivity contribution in [2.45, 2.75) is 45.7 Å². The van der Waals surface area contributed by atoms with Gasteiger partial charge in [-0.2, -0.15) is 0 Å². The van der Waals surface area contributed by atoms with Crippen LogP contribution in [0.2, 0.25) is 0 Å². The molecule has 0 radical (unpaired) electrons. The number of aryl methyl sites for hydroxylation is 3. The third kappa shape index (κ3) is 3.93. The van der Waals surface area contributed by atoms with E-state index < -0.39 is 0 Å². The maximum absolute atomic E-state index is 4.82. The second-order valence-corrected chi connectivity index (χ2v) is 7.38. The molecule has 0 unspecified atom stereocenters. The average Bonchev–Trinajstić information content (AvgIpc) is 2.99. The van der Waals surface area contributed by atoms with Crippen molar-refractivity contribution >= 4 is 17.3 Å². The Kier molecular flexibility index (Phi) is 5.45. The summed E-state index contributed by atoms with van der Waals surface area (Å²) in [5.41, 5.74) is 3.56. The first-order valence-electron chi connectivity index (χ1n) is 8.47. The summed E-state index contributed by atoms with van der Waals surface area (Å²) in [7, 11) is 3.87. The zero-order chi connectivity index (χ0) is 16.9. The van der Waals surface area contributed by atoms with Crippen LogP contribution < -0.4 is 5.32 Å². The summed E-state index contributed by atoms with van der Waals surface area (Å²) in [5.74, 6) is 0.869. The lowest BCUT2D eigenvalue weighted by Crippen LogP contribution is -2.38. The molecule has 5 nitrogen and oxygen atoms in total. The van der Waals surface area contributed by atoms with Crippen LogP contribution >= 0.6 is 11.3 Å². The fraction of sp³-hybridized carbons (Fsp3) is 0.500. The van der Waals surface area contributed by atoms with E-state index in [2.05, 4.69) is 40.2 Å². The zero-order valence-electron chi connectivity index (χ0n) is 14.7. The topological polar surface area (TPSA) is 53.4 Å². The smallest absolute Gasteiger partial charge is 0.194 e. The average molecular weight is 344 g/mol. The first-order chi connectivity index (χ1) is 11.7. The van der Waals surface area contributed by atoms with Crippen molar-refractivity contribution in [2.24, 2.45) is 4.99 Å². The maximum Gasteiger partial charge on any atom is 0.194 e. The van der Waals surface area contributed by atoms with Crippen LogP contribution in [0.1, 0.15) is 39.7 Å². The Labute approximate surface area is 147 Å². The normalized spacial score (nSPS) is 14.4. The number of rotatable bonds is 4. The predicted octanol–water partition coefficient (Wildman–Crippen LogP) is 2.93. The summed E-state index contributed by atoms with van der Waals surface area (Å²) >= 11 is 1.86. The van der Waals surface area contributed by atoms with E-state index in [1.807, 2.05) is 30.6 Å². The van der Waals surface area contributed by atoms with Gasteiger partial charge in [0, 0.05) is 25.2 Å². The highest BCUT2D eigenvalue weighted by molar-refractivity contribution is 7.11. The molecule has 2 heterocycles. The van der Waals surface area contributed by atoms with Crippen LogP contribution in [-0.2, 0) is 25.9 Å². The first kappa shape index (κ1) is 16.9. The monoisotopic (exact) mass is 343 g/mol. The molecule has 0 aliphatic heterocycles. The maximum atomic E-state index is 4.82. The number of hydrogen-bond donors (Lipinski definition) is 1. The molecule has 0 bridgehead atoms. The minimum Gasteiger partial charge on any atom is -0.351 e. The number of aliphatic imine (C=N–C) groups is 1. The van der Waals surface area contributed by atoms with Gasteiger partial charge in [0.1, 0.15) is 5.01 Å². The molecular weight excluding hydrogens is 318 g/mol. The molecule has 0 fully saturated rings. The summed E-state index contributed by atoms with van der Waals surface area (Å²) in [6, 6.07) is 4.04. The summed E-state index contributed by atoms with van der Waals surface area (Å²) in [6.07, 6.45) is 6.75. The van der Waals surface area contributed by atoms with Gasteiger partial charge < -0.3 is 10.2 Å². The van der Waals surface area contributed by atoms with Crippen molar-refractivity contribution in [3.63, 3.8) is 0 Å². The largest absolute Gasteiger partial charge is 0.351 e. The SMILES string of the molecule is CN=C(NCc1ncccc1C)N(C)Cc1nc2c(s1)CCCC2. The summed E-state index contributed by atoms with van der Waals surface area (Å²) < 4.78 is 0. The van der Waals surface area contributed by atoms with E-state index in [-0.39, 0.29) is 0 Å². The van der Waals surface area contributed by atoms with E-state index in [1.165, 1.54) is 40.4 Å². The molecule has 2 aromatic heterocycles. The molecule has 0 spiro atoms. The number of guanidine groups is 1. The van der Waals surface area contributed by atoms with Crippen molar-refractivity contribution in [1.82, 2.24) is 20.2 Å². The number of aromatic nitrogens is 2. The van der Waals surface area contributed by atoms with Gasteiger partial charge in [0.15, 0.2) is 5.96 Å². The molecule has 0 atom stereocenters. The summed E-state index contributed by atoms with van der Waals surface area (Å²) in [5, 5.41) is 4.58. The Balaban J connectivity index is 1.61. The van der Waals surface area contributed by atoms with Crippen molar-refractivity contribution in [1.29, 1.82) is 0 Å². The molecule has 1 aliphatic carbocycles. The van der Waals surface area contributed by atoms with Gasteiger partial charge in [-0.05, 0) is 44.2 Å². The van der Waals surface area contributed by atoms with Crippen molar-refractivity contribution in [2.75, 3.05) is 14.1 Å². The van der Waals surface area contributed by atoms with Crippen LogP contribution in [0.15, 0.2) is 23.3 Å². The lowest BCUT2D eigenvalue weighted by atomic mass is 10.0. The highest BCUT2D eigenvalue weighted by atomic mass is 32.1. The molecule has 128 valence electrons. The van der Waals surface area contributed by atoms with E-state index in [1.54, 1.807) is 0 Å². The van der Waals surface area contributed by atoms with Crippen LogP contribution in [0.4, 0.5) is 0 Å². The van der Waals surface area contributed by atoms with Gasteiger partial charge in [-0.3, -0.25) is 9.98 Å². The highest BCUT2D eigenvalue weighted by Gasteiger charge is 2.17. The Morgan fingerprint density at radius 1 is 1.38 bits per heavy atom. The minimum atomic E-state index is 0.679. The van der Waals surface area contributed by atoms with Crippen LogP contribution in [0.3, 0.4) is 0 Å². The molecule has 24 heavy (non-hydrogen) atoms. The Morgan fingerprint density at radius 3 is 2.96 bits per heavy atom. The van der Waals surface area contributed by atoms with Crippen LogP contribution in [-0.4, -0.2) is 34.9 Å². The van der Waals surface area contributed by atoms with Crippen molar-refractivity contribution < 1.29 is 0 Å². The molecule has 0 aromatic carbocycles. The second kappa shape index (κ2) is 7.75. The third-order valence-electron chi connectivity index (χ3n) is 4.37. The Morgan fingerprint density at radius 2 is 2.21 bits per heavy atom. The fourth-order valence-corrected chi connectivity index (χ4v) is 4.21. The third-order valence-corrected chi connectivity index (χ3v) is 5.51. The summed E-state index contributed by atoms with van der Waals surface area (Å²) in [4.78, 5) is 17.2. The Hall–Kier alpha value is -1.95. The number of pyridine rings is 1. The second-order valence-electron chi connectivity index (χ2n) is 6.21. The van der Waals surface area contributed by atoms with Gasteiger partial charge in [-0.1, -0.05) is 6.07 Å². The quantitative estimate of drug-likeness (QED) is 0.685. The molecule has 2 aromatic rings. The molecule has 0 saturated heterocycles. The van der Waals surface area contributed by atoms with E-state index in [4.69, 9.17) is 4.98 Å². The minimum absolute atomic E-state index is 0.679. The van der Waals surface area contributed by atoms with E-state index in [0.717, 1.165) is 24.6 Å². The van der Waals surface area contributed by atoms with E-state index in [9.17, 15) is 0 Å². The van der Waals surface area contributed by atoms with Crippen molar-refractivity contribution in [3.8, 4) is 0 Å². The van der Waals surface area contributed by atoms with Crippen LogP contribution in [0, 0.1) is 6.92 Å². The van der Waals surface area contributed by atoms with Gasteiger partial charge in [-0.25, -0.2) is 4.98 Å². The predicted molar refractivity (Wildman–Crippen MR) is 99.4 cm³/mol. The van der Waals surface area contributed by atoms with Gasteiger partial charge in [0.05, 0.1) is 24.5 Å². The van der Waals surface area contributed by atoms with Gasteiger partial charge in [0.25, 0.3) is 0 Å². The lowest BCUT2D eigenvalue weighted by molar-refractivity contribution is 0.474. The van der Waals surface area contributed by atoms with Gasteiger partial charge >= 0.3 is 0 Å². The molecule has 1 aliphatic rings.